The van der Waals surface area contributed by atoms with Crippen molar-refractivity contribution in [2.45, 2.75) is 45.1 Å². The number of hydrogen-bond donors (Lipinski definition) is 2. The summed E-state index contributed by atoms with van der Waals surface area (Å²) >= 11 is 0. The van der Waals surface area contributed by atoms with Crippen molar-refractivity contribution < 1.29 is 9.59 Å². The maximum Gasteiger partial charge on any atom is 0.253 e. The van der Waals surface area contributed by atoms with Crippen molar-refractivity contribution in [3.05, 3.63) is 23.5 Å². The zero-order valence-electron chi connectivity index (χ0n) is 11.9. The molecule has 0 spiro atoms. The van der Waals surface area contributed by atoms with Gasteiger partial charge in [0, 0.05) is 6.54 Å². The van der Waals surface area contributed by atoms with E-state index in [2.05, 4.69) is 20.8 Å². The molecule has 2 amide bonds. The Hall–Kier alpha value is -1.98. The molecule has 0 radical (unpaired) electrons. The lowest BCUT2D eigenvalue weighted by Gasteiger charge is -2.28. The lowest BCUT2D eigenvalue weighted by Crippen LogP contribution is -2.57. The zero-order chi connectivity index (χ0) is 14.6. The molecule has 6 nitrogen and oxygen atoms in total. The van der Waals surface area contributed by atoms with Gasteiger partial charge in [-0.1, -0.05) is 12.8 Å². The summed E-state index contributed by atoms with van der Waals surface area (Å²) in [5.74, 6) is -0.360. The number of carbonyl (C=O) groups is 2. The van der Waals surface area contributed by atoms with Crippen molar-refractivity contribution in [2.75, 3.05) is 6.54 Å². The third-order valence-electron chi connectivity index (χ3n) is 3.62. The van der Waals surface area contributed by atoms with E-state index in [0.717, 1.165) is 12.8 Å². The van der Waals surface area contributed by atoms with Gasteiger partial charge in [0.15, 0.2) is 0 Å². The fraction of sp³-hybridized carbons (Fsp3) is 0.571. The maximum absolute atomic E-state index is 12.3. The molecule has 1 aliphatic rings. The molecule has 20 heavy (non-hydrogen) atoms. The number of carbonyl (C=O) groups excluding carboxylic acids is 2. The van der Waals surface area contributed by atoms with Gasteiger partial charge in [0.1, 0.15) is 5.54 Å². The van der Waals surface area contributed by atoms with E-state index in [1.165, 1.54) is 6.20 Å². The van der Waals surface area contributed by atoms with Gasteiger partial charge in [-0.15, -0.1) is 0 Å². The molecular weight excluding hydrogens is 256 g/mol. The Kier molecular flexibility index (Phi) is 4.32. The minimum atomic E-state index is -0.774. The topological polar surface area (TPSA) is 84.0 Å². The summed E-state index contributed by atoms with van der Waals surface area (Å²) in [6, 6.07) is 1.67. The van der Waals surface area contributed by atoms with Gasteiger partial charge in [0.05, 0.1) is 17.5 Å². The van der Waals surface area contributed by atoms with Crippen LogP contribution >= 0.6 is 0 Å². The maximum atomic E-state index is 12.3. The molecule has 2 rings (SSSR count). The predicted molar refractivity (Wildman–Crippen MR) is 74.1 cm³/mol. The molecule has 0 aromatic carbocycles. The van der Waals surface area contributed by atoms with Crippen LogP contribution in [-0.2, 0) is 4.79 Å². The van der Waals surface area contributed by atoms with Gasteiger partial charge in [-0.2, -0.15) is 10.2 Å². The third kappa shape index (κ3) is 2.95. The number of amides is 2. The Morgan fingerprint density at radius 1 is 1.35 bits per heavy atom. The first kappa shape index (κ1) is 14.4. The van der Waals surface area contributed by atoms with Crippen LogP contribution in [0.1, 0.15) is 48.7 Å². The molecule has 0 saturated heterocycles. The van der Waals surface area contributed by atoms with E-state index in [4.69, 9.17) is 0 Å². The minimum Gasteiger partial charge on any atom is -0.354 e. The van der Waals surface area contributed by atoms with Crippen LogP contribution in [0, 0.1) is 6.92 Å². The van der Waals surface area contributed by atoms with E-state index in [0.29, 0.717) is 30.6 Å². The number of hydrogen-bond acceptors (Lipinski definition) is 4. The highest BCUT2D eigenvalue weighted by atomic mass is 16.2. The Morgan fingerprint density at radius 3 is 2.65 bits per heavy atom. The number of rotatable bonds is 4. The average molecular weight is 276 g/mol. The number of aryl methyl sites for hydroxylation is 1. The molecule has 1 heterocycles. The van der Waals surface area contributed by atoms with Crippen molar-refractivity contribution in [3.8, 4) is 0 Å². The second kappa shape index (κ2) is 5.98. The van der Waals surface area contributed by atoms with Gasteiger partial charge < -0.3 is 10.6 Å². The molecule has 1 aromatic heterocycles. The molecule has 0 aliphatic heterocycles. The first-order valence-electron chi connectivity index (χ1n) is 6.97. The molecule has 1 saturated carbocycles. The molecule has 6 heteroatoms. The van der Waals surface area contributed by atoms with Gasteiger partial charge >= 0.3 is 0 Å². The third-order valence-corrected chi connectivity index (χ3v) is 3.62. The summed E-state index contributed by atoms with van der Waals surface area (Å²) in [6.07, 6.45) is 4.68. The summed E-state index contributed by atoms with van der Waals surface area (Å²) in [6.45, 7) is 4.21. The molecule has 1 aromatic rings. The van der Waals surface area contributed by atoms with Crippen LogP contribution in [0.5, 0.6) is 0 Å². The Bertz CT molecular complexity index is 510. The monoisotopic (exact) mass is 276 g/mol. The van der Waals surface area contributed by atoms with Crippen molar-refractivity contribution in [1.82, 2.24) is 20.8 Å². The van der Waals surface area contributed by atoms with Crippen LogP contribution in [0.2, 0.25) is 0 Å². The molecular formula is C14H20N4O2. The minimum absolute atomic E-state index is 0.0930. The molecule has 0 bridgehead atoms. The van der Waals surface area contributed by atoms with Crippen LogP contribution in [0.25, 0.3) is 0 Å². The molecule has 108 valence electrons. The van der Waals surface area contributed by atoms with Crippen molar-refractivity contribution in [3.63, 3.8) is 0 Å². The number of aromatic nitrogens is 2. The smallest absolute Gasteiger partial charge is 0.253 e. The van der Waals surface area contributed by atoms with Crippen molar-refractivity contribution in [1.29, 1.82) is 0 Å². The lowest BCUT2D eigenvalue weighted by molar-refractivity contribution is -0.127. The van der Waals surface area contributed by atoms with E-state index >= 15 is 0 Å². The average Bonchev–Trinajstić information content (AvgIpc) is 2.89. The van der Waals surface area contributed by atoms with Crippen LogP contribution in [-0.4, -0.2) is 34.1 Å². The summed E-state index contributed by atoms with van der Waals surface area (Å²) in [5.41, 5.74) is 0.341. The van der Waals surface area contributed by atoms with Gasteiger partial charge in [-0.25, -0.2) is 0 Å². The second-order valence-electron chi connectivity index (χ2n) is 5.19. The van der Waals surface area contributed by atoms with Crippen LogP contribution in [0.15, 0.2) is 12.3 Å². The highest BCUT2D eigenvalue weighted by molar-refractivity contribution is 5.99. The lowest BCUT2D eigenvalue weighted by atomic mass is 9.95. The Labute approximate surface area is 118 Å². The first-order chi connectivity index (χ1) is 9.57. The van der Waals surface area contributed by atoms with E-state index in [1.54, 1.807) is 13.0 Å². The second-order valence-corrected chi connectivity index (χ2v) is 5.19. The van der Waals surface area contributed by atoms with Gasteiger partial charge in [0.2, 0.25) is 5.91 Å². The Morgan fingerprint density at radius 2 is 2.05 bits per heavy atom. The largest absolute Gasteiger partial charge is 0.354 e. The van der Waals surface area contributed by atoms with E-state index in [9.17, 15) is 9.59 Å². The fourth-order valence-corrected chi connectivity index (χ4v) is 2.60. The van der Waals surface area contributed by atoms with Crippen LogP contribution in [0.3, 0.4) is 0 Å². The highest BCUT2D eigenvalue weighted by Gasteiger charge is 2.42. The molecule has 1 fully saturated rings. The normalized spacial score (nSPS) is 16.7. The molecule has 0 unspecified atom stereocenters. The molecule has 0 atom stereocenters. The van der Waals surface area contributed by atoms with E-state index < -0.39 is 5.54 Å². The quantitative estimate of drug-likeness (QED) is 0.858. The standard InChI is InChI=1S/C14H20N4O2/c1-3-15-13(20)14(6-4-5-7-14)17-12(19)11-8-10(2)18-16-9-11/h8-9H,3-7H2,1-2H3,(H,15,20)(H,17,19). The molecule has 1 aliphatic carbocycles. The Balaban J connectivity index is 2.16. The summed E-state index contributed by atoms with van der Waals surface area (Å²) in [4.78, 5) is 24.6. The first-order valence-corrected chi connectivity index (χ1v) is 6.97. The van der Waals surface area contributed by atoms with E-state index in [1.807, 2.05) is 6.92 Å². The van der Waals surface area contributed by atoms with Crippen molar-refractivity contribution in [2.24, 2.45) is 0 Å². The van der Waals surface area contributed by atoms with Crippen LogP contribution < -0.4 is 10.6 Å². The number of likely N-dealkylation sites (N-methyl/N-ethyl adjacent to an activating group) is 1. The van der Waals surface area contributed by atoms with Gasteiger partial charge in [0.25, 0.3) is 5.91 Å². The number of nitrogens with one attached hydrogen (secondary N) is 2. The van der Waals surface area contributed by atoms with E-state index in [-0.39, 0.29) is 11.8 Å². The highest BCUT2D eigenvalue weighted by Crippen LogP contribution is 2.30. The van der Waals surface area contributed by atoms with Crippen LogP contribution in [0.4, 0.5) is 0 Å². The predicted octanol–water partition coefficient (Wildman–Crippen LogP) is 0.964. The van der Waals surface area contributed by atoms with Gasteiger partial charge in [-0.3, -0.25) is 9.59 Å². The summed E-state index contributed by atoms with van der Waals surface area (Å²) in [5, 5.41) is 13.3. The van der Waals surface area contributed by atoms with Gasteiger partial charge in [-0.05, 0) is 32.8 Å². The molecule has 2 N–H and O–H groups in total. The SMILES string of the molecule is CCNC(=O)C1(NC(=O)c2cnnc(C)c2)CCCC1. The van der Waals surface area contributed by atoms with Crippen molar-refractivity contribution >= 4 is 11.8 Å². The fourth-order valence-electron chi connectivity index (χ4n) is 2.60. The number of nitrogens with zero attached hydrogens (tertiary/aromatic N) is 2. The summed E-state index contributed by atoms with van der Waals surface area (Å²) < 4.78 is 0. The zero-order valence-corrected chi connectivity index (χ0v) is 11.9. The summed E-state index contributed by atoms with van der Waals surface area (Å²) in [7, 11) is 0.